The first kappa shape index (κ1) is 22.4. The number of aliphatic imine (C=N–C) groups is 1. The standard InChI is InChI=1S/C26H24N10O2/c1-15-7-16(3-6-20(15)38-22-9-21-34-29-14-36(21)13-28-22)24-31-19-5-4-17(8-18(19)23(27)32-24)30-25-33-26(12-37-25)10-35(2)11-26/h3-9,13-14H,10-12H2,1-2H3,(H,30,33)(H2,27,31,32). The average molecular weight is 509 g/mol. The summed E-state index contributed by atoms with van der Waals surface area (Å²) in [6, 6.07) is 13.8. The second-order valence-electron chi connectivity index (χ2n) is 9.80. The Hall–Kier alpha value is -4.84. The van der Waals surface area contributed by atoms with Crippen LogP contribution in [0.4, 0.5) is 11.5 Å². The fourth-order valence-electron chi connectivity index (χ4n) is 4.93. The fraction of sp³-hybridized carbons (Fsp3) is 0.231. The lowest BCUT2D eigenvalue weighted by Crippen LogP contribution is -2.59. The van der Waals surface area contributed by atoms with Crippen LogP contribution in [0.3, 0.4) is 0 Å². The molecule has 2 aliphatic heterocycles. The van der Waals surface area contributed by atoms with Crippen molar-refractivity contribution >= 4 is 34.1 Å². The highest BCUT2D eigenvalue weighted by Crippen LogP contribution is 2.32. The van der Waals surface area contributed by atoms with Crippen LogP contribution < -0.4 is 15.8 Å². The second-order valence-corrected chi connectivity index (χ2v) is 9.80. The van der Waals surface area contributed by atoms with Gasteiger partial charge in [-0.3, -0.25) is 4.40 Å². The molecule has 1 spiro atoms. The monoisotopic (exact) mass is 508 g/mol. The van der Waals surface area contributed by atoms with Crippen molar-refractivity contribution in [3.05, 3.63) is 60.7 Å². The van der Waals surface area contributed by atoms with Crippen LogP contribution in [0.1, 0.15) is 5.56 Å². The summed E-state index contributed by atoms with van der Waals surface area (Å²) >= 11 is 0. The zero-order valence-corrected chi connectivity index (χ0v) is 20.8. The molecule has 7 rings (SSSR count). The number of hydrogen-bond acceptors (Lipinski definition) is 11. The number of nitrogens with two attached hydrogens (primary N) is 1. The zero-order chi connectivity index (χ0) is 25.9. The van der Waals surface area contributed by atoms with Gasteiger partial charge in [-0.1, -0.05) is 0 Å². The van der Waals surface area contributed by atoms with E-state index in [0.717, 1.165) is 40.8 Å². The normalized spacial score (nSPS) is 16.4. The minimum Gasteiger partial charge on any atom is -0.462 e. The maximum absolute atomic E-state index is 6.38. The quantitative estimate of drug-likeness (QED) is 0.372. The predicted octanol–water partition coefficient (Wildman–Crippen LogP) is 2.90. The Morgan fingerprint density at radius 3 is 2.82 bits per heavy atom. The van der Waals surface area contributed by atoms with Crippen molar-refractivity contribution in [3.63, 3.8) is 0 Å². The highest BCUT2D eigenvalue weighted by molar-refractivity contribution is 5.96. The van der Waals surface area contributed by atoms with Gasteiger partial charge < -0.3 is 25.4 Å². The fourth-order valence-corrected chi connectivity index (χ4v) is 4.93. The Bertz CT molecular complexity index is 1740. The van der Waals surface area contributed by atoms with E-state index < -0.39 is 0 Å². The number of benzene rings is 2. The highest BCUT2D eigenvalue weighted by atomic mass is 16.5. The number of anilines is 2. The van der Waals surface area contributed by atoms with Gasteiger partial charge in [-0.2, -0.15) is 0 Å². The molecule has 3 aromatic heterocycles. The van der Waals surface area contributed by atoms with Gasteiger partial charge in [-0.05, 0) is 55.9 Å². The molecule has 38 heavy (non-hydrogen) atoms. The number of aromatic nitrogens is 6. The maximum atomic E-state index is 6.38. The topological polar surface area (TPSA) is 141 Å². The maximum Gasteiger partial charge on any atom is 0.290 e. The first-order valence-corrected chi connectivity index (χ1v) is 12.1. The molecule has 0 atom stereocenters. The lowest BCUT2D eigenvalue weighted by atomic mass is 9.93. The molecule has 5 heterocycles. The molecule has 0 unspecified atom stereocenters. The number of likely N-dealkylation sites (tertiary alicyclic amines) is 1. The Labute approximate surface area is 217 Å². The number of amidine groups is 1. The Morgan fingerprint density at radius 1 is 1.08 bits per heavy atom. The van der Waals surface area contributed by atoms with Crippen LogP contribution in [0.15, 0.2) is 60.1 Å². The van der Waals surface area contributed by atoms with E-state index in [0.29, 0.717) is 41.5 Å². The summed E-state index contributed by atoms with van der Waals surface area (Å²) in [5, 5.41) is 11.9. The molecule has 12 nitrogen and oxygen atoms in total. The molecule has 0 amide bonds. The lowest BCUT2D eigenvalue weighted by molar-refractivity contribution is 0.0754. The van der Waals surface area contributed by atoms with E-state index in [1.165, 1.54) is 0 Å². The molecule has 1 fully saturated rings. The van der Waals surface area contributed by atoms with E-state index in [4.69, 9.17) is 25.2 Å². The molecular formula is C26H24N10O2. The second kappa shape index (κ2) is 8.35. The van der Waals surface area contributed by atoms with Gasteiger partial charge in [-0.25, -0.2) is 19.9 Å². The van der Waals surface area contributed by atoms with Crippen LogP contribution in [0.5, 0.6) is 11.6 Å². The summed E-state index contributed by atoms with van der Waals surface area (Å²) in [4.78, 5) is 20.6. The number of hydrogen-bond donors (Lipinski definition) is 2. The predicted molar refractivity (Wildman–Crippen MR) is 142 cm³/mol. The molecule has 2 aliphatic rings. The van der Waals surface area contributed by atoms with E-state index in [1.807, 2.05) is 43.3 Å². The van der Waals surface area contributed by atoms with E-state index in [-0.39, 0.29) is 5.54 Å². The Balaban J connectivity index is 1.12. The number of nitrogens with one attached hydrogen (secondary N) is 1. The number of nitrogen functional groups attached to an aromatic ring is 1. The molecular weight excluding hydrogens is 484 g/mol. The lowest BCUT2D eigenvalue weighted by Gasteiger charge is -2.41. The van der Waals surface area contributed by atoms with Crippen molar-refractivity contribution in [2.75, 3.05) is 37.8 Å². The molecule has 0 radical (unpaired) electrons. The summed E-state index contributed by atoms with van der Waals surface area (Å²) in [6.45, 7) is 4.36. The third-order valence-corrected chi connectivity index (χ3v) is 6.73. The number of ether oxygens (including phenoxy) is 2. The van der Waals surface area contributed by atoms with E-state index in [9.17, 15) is 0 Å². The average Bonchev–Trinajstić information content (AvgIpc) is 3.52. The summed E-state index contributed by atoms with van der Waals surface area (Å²) in [5.41, 5.74) is 10.2. The van der Waals surface area contributed by atoms with Crippen molar-refractivity contribution in [1.29, 1.82) is 0 Å². The largest absolute Gasteiger partial charge is 0.462 e. The molecule has 0 aliphatic carbocycles. The third-order valence-electron chi connectivity index (χ3n) is 6.73. The van der Waals surface area contributed by atoms with Crippen molar-refractivity contribution in [3.8, 4) is 23.0 Å². The van der Waals surface area contributed by atoms with Gasteiger partial charge >= 0.3 is 0 Å². The number of rotatable bonds is 4. The molecule has 0 saturated carbocycles. The number of fused-ring (bicyclic) bond motifs is 2. The number of likely N-dealkylation sites (N-methyl/N-ethyl adjacent to an activating group) is 1. The zero-order valence-electron chi connectivity index (χ0n) is 20.8. The molecule has 190 valence electrons. The van der Waals surface area contributed by atoms with Crippen LogP contribution >= 0.6 is 0 Å². The SMILES string of the molecule is Cc1cc(-c2nc(N)c3cc(NC4=NC5(CO4)CN(C)C5)ccc3n2)ccc1Oc1cc2nncn2cn1. The van der Waals surface area contributed by atoms with Crippen molar-refractivity contribution in [2.24, 2.45) is 4.99 Å². The first-order valence-electron chi connectivity index (χ1n) is 12.1. The van der Waals surface area contributed by atoms with Gasteiger partial charge in [0.2, 0.25) is 5.88 Å². The number of nitrogens with zero attached hydrogens (tertiary/aromatic N) is 8. The Morgan fingerprint density at radius 2 is 1.97 bits per heavy atom. The van der Waals surface area contributed by atoms with Gasteiger partial charge in [0.05, 0.1) is 5.52 Å². The number of aryl methyl sites for hydroxylation is 1. The van der Waals surface area contributed by atoms with Crippen molar-refractivity contribution < 1.29 is 9.47 Å². The minimum absolute atomic E-state index is 0.120. The van der Waals surface area contributed by atoms with Crippen LogP contribution in [0.2, 0.25) is 0 Å². The smallest absolute Gasteiger partial charge is 0.290 e. The van der Waals surface area contributed by atoms with Gasteiger partial charge in [0, 0.05) is 35.8 Å². The van der Waals surface area contributed by atoms with Crippen LogP contribution in [-0.4, -0.2) is 72.8 Å². The molecule has 12 heteroatoms. The van der Waals surface area contributed by atoms with Crippen molar-refractivity contribution in [2.45, 2.75) is 12.5 Å². The summed E-state index contributed by atoms with van der Waals surface area (Å²) in [7, 11) is 2.08. The van der Waals surface area contributed by atoms with Crippen LogP contribution in [0, 0.1) is 6.92 Å². The minimum atomic E-state index is -0.120. The first-order chi connectivity index (χ1) is 18.4. The molecule has 3 N–H and O–H groups in total. The molecule has 2 aromatic carbocycles. The van der Waals surface area contributed by atoms with Gasteiger partial charge in [-0.15, -0.1) is 10.2 Å². The van der Waals surface area contributed by atoms with E-state index in [1.54, 1.807) is 23.1 Å². The summed E-state index contributed by atoms with van der Waals surface area (Å²) < 4.78 is 13.5. The van der Waals surface area contributed by atoms with Crippen LogP contribution in [0.25, 0.3) is 27.9 Å². The van der Waals surface area contributed by atoms with Crippen molar-refractivity contribution in [1.82, 2.24) is 34.4 Å². The summed E-state index contributed by atoms with van der Waals surface area (Å²) in [6.07, 6.45) is 3.19. The van der Waals surface area contributed by atoms with Crippen LogP contribution in [-0.2, 0) is 4.74 Å². The van der Waals surface area contributed by atoms with Gasteiger partial charge in [0.15, 0.2) is 11.5 Å². The van der Waals surface area contributed by atoms with Gasteiger partial charge in [0.1, 0.15) is 36.4 Å². The molecule has 0 bridgehead atoms. The molecule has 1 saturated heterocycles. The van der Waals surface area contributed by atoms with E-state index >= 15 is 0 Å². The van der Waals surface area contributed by atoms with E-state index in [2.05, 4.69) is 37.4 Å². The van der Waals surface area contributed by atoms with Gasteiger partial charge in [0.25, 0.3) is 6.02 Å². The third kappa shape index (κ3) is 3.91. The highest BCUT2D eigenvalue weighted by Gasteiger charge is 2.46. The molecule has 5 aromatic rings. The Kier molecular flexibility index (Phi) is 4.91. The summed E-state index contributed by atoms with van der Waals surface area (Å²) in [5.74, 6) is 2.03.